The first kappa shape index (κ1) is 21.0. The lowest BCUT2D eigenvalue weighted by molar-refractivity contribution is -0.118. The standard InChI is InChI=1S/C24H22N4O4S/c1-14(2)10-25-24-28(27-15(3)16-4-7-21-22(9-16)32-13-31-21)19(12-33-24)17-5-6-20-18(8-17)26-23(29)11-30-20/h4-9,12H,1,10-11,13H2,2-3H3,(H,26,29). The van der Waals surface area contributed by atoms with Crippen molar-refractivity contribution in [1.29, 1.82) is 0 Å². The first-order chi connectivity index (χ1) is 16.0. The van der Waals surface area contributed by atoms with Gasteiger partial charge in [-0.1, -0.05) is 12.2 Å². The summed E-state index contributed by atoms with van der Waals surface area (Å²) in [6.45, 7) is 8.58. The number of fused-ring (bicyclic) bond motifs is 2. The zero-order valence-electron chi connectivity index (χ0n) is 18.3. The van der Waals surface area contributed by atoms with Gasteiger partial charge in [0.25, 0.3) is 5.91 Å². The molecule has 5 rings (SSSR count). The van der Waals surface area contributed by atoms with Gasteiger partial charge in [0.1, 0.15) is 5.75 Å². The van der Waals surface area contributed by atoms with Crippen LogP contribution in [-0.4, -0.2) is 36.2 Å². The Morgan fingerprint density at radius 3 is 2.79 bits per heavy atom. The van der Waals surface area contributed by atoms with Crippen LogP contribution in [0.3, 0.4) is 0 Å². The molecule has 0 radical (unpaired) electrons. The van der Waals surface area contributed by atoms with E-state index in [4.69, 9.17) is 24.3 Å². The van der Waals surface area contributed by atoms with Crippen molar-refractivity contribution in [2.75, 3.05) is 25.3 Å². The van der Waals surface area contributed by atoms with Crippen molar-refractivity contribution >= 4 is 28.6 Å². The number of carbonyl (C=O) groups is 1. The minimum Gasteiger partial charge on any atom is -0.482 e. The average Bonchev–Trinajstić information content (AvgIpc) is 3.43. The third-order valence-electron chi connectivity index (χ3n) is 5.12. The lowest BCUT2D eigenvalue weighted by Crippen LogP contribution is -2.25. The van der Waals surface area contributed by atoms with Gasteiger partial charge in [-0.3, -0.25) is 9.79 Å². The van der Waals surface area contributed by atoms with Crippen molar-refractivity contribution in [1.82, 2.24) is 4.68 Å². The summed E-state index contributed by atoms with van der Waals surface area (Å²) in [5.41, 5.74) is 5.04. The molecule has 3 heterocycles. The Kier molecular flexibility index (Phi) is 5.47. The molecule has 33 heavy (non-hydrogen) atoms. The zero-order chi connectivity index (χ0) is 22.9. The molecule has 9 heteroatoms. The summed E-state index contributed by atoms with van der Waals surface area (Å²) < 4.78 is 18.2. The number of hydrogen-bond acceptors (Lipinski definition) is 7. The molecule has 2 aromatic carbocycles. The maximum atomic E-state index is 11.8. The second kappa shape index (κ2) is 8.59. The van der Waals surface area contributed by atoms with Crippen molar-refractivity contribution in [3.63, 3.8) is 0 Å². The van der Waals surface area contributed by atoms with Gasteiger partial charge in [0.15, 0.2) is 18.1 Å². The molecular formula is C24H22N4O4S. The highest BCUT2D eigenvalue weighted by Gasteiger charge is 2.18. The van der Waals surface area contributed by atoms with E-state index >= 15 is 0 Å². The van der Waals surface area contributed by atoms with Gasteiger partial charge >= 0.3 is 0 Å². The van der Waals surface area contributed by atoms with Crippen LogP contribution in [0.25, 0.3) is 11.3 Å². The highest BCUT2D eigenvalue weighted by Crippen LogP contribution is 2.34. The molecule has 0 saturated heterocycles. The van der Waals surface area contributed by atoms with Crippen molar-refractivity contribution < 1.29 is 19.0 Å². The monoisotopic (exact) mass is 462 g/mol. The largest absolute Gasteiger partial charge is 0.482 e. The fourth-order valence-electron chi connectivity index (χ4n) is 3.48. The van der Waals surface area contributed by atoms with Crippen LogP contribution in [0.4, 0.5) is 5.69 Å². The summed E-state index contributed by atoms with van der Waals surface area (Å²) in [6, 6.07) is 11.4. The molecule has 1 amide bonds. The minimum atomic E-state index is -0.174. The number of carbonyl (C=O) groups excluding carboxylic acids is 1. The fraction of sp³-hybridized carbons (Fsp3) is 0.208. The molecule has 0 aliphatic carbocycles. The van der Waals surface area contributed by atoms with Crippen LogP contribution >= 0.6 is 11.3 Å². The number of amides is 1. The average molecular weight is 463 g/mol. The van der Waals surface area contributed by atoms with Gasteiger partial charge in [0.05, 0.1) is 23.6 Å². The van der Waals surface area contributed by atoms with Crippen LogP contribution in [-0.2, 0) is 4.79 Å². The SMILES string of the molecule is C=C(C)CN=c1scc(-c2ccc3c(c2)NC(=O)CO3)n1N=C(C)c1ccc2c(c1)OCO2. The molecule has 0 spiro atoms. The summed E-state index contributed by atoms with van der Waals surface area (Å²) in [5.74, 6) is 1.90. The van der Waals surface area contributed by atoms with E-state index in [0.29, 0.717) is 23.7 Å². The molecule has 3 aromatic rings. The Balaban J connectivity index is 1.60. The molecule has 0 saturated carbocycles. The van der Waals surface area contributed by atoms with E-state index in [2.05, 4.69) is 11.9 Å². The van der Waals surface area contributed by atoms with Crippen LogP contribution in [0.5, 0.6) is 17.2 Å². The molecule has 0 fully saturated rings. The highest BCUT2D eigenvalue weighted by atomic mass is 32.1. The molecule has 8 nitrogen and oxygen atoms in total. The van der Waals surface area contributed by atoms with Gasteiger partial charge in [-0.15, -0.1) is 11.3 Å². The van der Waals surface area contributed by atoms with Crippen molar-refractivity contribution in [3.8, 4) is 28.5 Å². The third-order valence-corrected chi connectivity index (χ3v) is 5.97. The number of nitrogens with zero attached hydrogens (tertiary/aromatic N) is 3. The van der Waals surface area contributed by atoms with Crippen molar-refractivity contribution in [2.24, 2.45) is 10.1 Å². The molecular weight excluding hydrogens is 440 g/mol. The summed E-state index contributed by atoms with van der Waals surface area (Å²) >= 11 is 1.49. The maximum absolute atomic E-state index is 11.8. The predicted octanol–water partition coefficient (Wildman–Crippen LogP) is 4.03. The molecule has 0 atom stereocenters. The highest BCUT2D eigenvalue weighted by molar-refractivity contribution is 7.07. The minimum absolute atomic E-state index is 0.0216. The van der Waals surface area contributed by atoms with E-state index in [1.54, 1.807) is 0 Å². The molecule has 1 N–H and O–H groups in total. The van der Waals surface area contributed by atoms with Crippen LogP contribution in [0.15, 0.2) is 64.0 Å². The number of nitrogens with one attached hydrogen (secondary N) is 1. The van der Waals surface area contributed by atoms with Crippen LogP contribution in [0, 0.1) is 0 Å². The Morgan fingerprint density at radius 1 is 1.12 bits per heavy atom. The Labute approximate surface area is 194 Å². The van der Waals surface area contributed by atoms with E-state index in [-0.39, 0.29) is 19.3 Å². The smallest absolute Gasteiger partial charge is 0.262 e. The number of hydrogen-bond donors (Lipinski definition) is 1. The van der Waals surface area contributed by atoms with E-state index in [0.717, 1.165) is 38.7 Å². The molecule has 1 aromatic heterocycles. The molecule has 0 bridgehead atoms. The first-order valence-corrected chi connectivity index (χ1v) is 11.2. The molecule has 2 aliphatic rings. The Bertz CT molecular complexity index is 1370. The molecule has 0 unspecified atom stereocenters. The first-order valence-electron chi connectivity index (χ1n) is 10.4. The van der Waals surface area contributed by atoms with Crippen molar-refractivity contribution in [3.05, 3.63) is 64.3 Å². The summed E-state index contributed by atoms with van der Waals surface area (Å²) in [6.07, 6.45) is 0. The third kappa shape index (κ3) is 4.27. The molecule has 168 valence electrons. The van der Waals surface area contributed by atoms with Gasteiger partial charge in [-0.25, -0.2) is 4.68 Å². The maximum Gasteiger partial charge on any atom is 0.262 e. The Hall–Kier alpha value is -3.85. The summed E-state index contributed by atoms with van der Waals surface area (Å²) in [4.78, 5) is 17.2. The predicted molar refractivity (Wildman–Crippen MR) is 127 cm³/mol. The topological polar surface area (TPSA) is 86.4 Å². The quantitative estimate of drug-likeness (QED) is 0.458. The number of benzene rings is 2. The number of anilines is 1. The zero-order valence-corrected chi connectivity index (χ0v) is 19.1. The second-order valence-electron chi connectivity index (χ2n) is 7.79. The van der Waals surface area contributed by atoms with E-state index in [1.807, 2.05) is 60.3 Å². The van der Waals surface area contributed by atoms with Crippen LogP contribution in [0.1, 0.15) is 19.4 Å². The lowest BCUT2D eigenvalue weighted by Gasteiger charge is -2.18. The van der Waals surface area contributed by atoms with Crippen molar-refractivity contribution in [2.45, 2.75) is 13.8 Å². The number of thiazole rings is 1. The fourth-order valence-corrected chi connectivity index (χ4v) is 4.31. The van der Waals surface area contributed by atoms with Gasteiger partial charge in [0, 0.05) is 16.5 Å². The summed E-state index contributed by atoms with van der Waals surface area (Å²) in [7, 11) is 0. The van der Waals surface area contributed by atoms with E-state index < -0.39 is 0 Å². The second-order valence-corrected chi connectivity index (χ2v) is 8.63. The van der Waals surface area contributed by atoms with E-state index in [9.17, 15) is 4.79 Å². The van der Waals surface area contributed by atoms with Crippen LogP contribution in [0.2, 0.25) is 0 Å². The molecule has 2 aliphatic heterocycles. The normalized spacial score (nSPS) is 15.2. The lowest BCUT2D eigenvalue weighted by atomic mass is 10.1. The van der Waals surface area contributed by atoms with E-state index in [1.165, 1.54) is 11.3 Å². The van der Waals surface area contributed by atoms with Gasteiger partial charge in [-0.2, -0.15) is 5.10 Å². The van der Waals surface area contributed by atoms with Gasteiger partial charge in [-0.05, 0) is 50.2 Å². The van der Waals surface area contributed by atoms with Gasteiger partial charge < -0.3 is 19.5 Å². The number of aromatic nitrogens is 1. The van der Waals surface area contributed by atoms with Crippen LogP contribution < -0.4 is 24.3 Å². The number of ether oxygens (including phenoxy) is 3. The number of rotatable bonds is 5. The Morgan fingerprint density at radius 2 is 1.94 bits per heavy atom. The van der Waals surface area contributed by atoms with Gasteiger partial charge in [0.2, 0.25) is 11.6 Å². The summed E-state index contributed by atoms with van der Waals surface area (Å²) in [5, 5.41) is 9.76.